The Balaban J connectivity index is 2.15. The van der Waals surface area contributed by atoms with Crippen LogP contribution in [0, 0.1) is 0 Å². The second-order valence-corrected chi connectivity index (χ2v) is 7.74. The Morgan fingerprint density at radius 2 is 2.15 bits per heavy atom. The van der Waals surface area contributed by atoms with Crippen molar-refractivity contribution in [1.82, 2.24) is 4.31 Å². The molecule has 1 unspecified atom stereocenters. The highest BCUT2D eigenvalue weighted by Gasteiger charge is 2.28. The molecular weight excluding hydrogens is 318 g/mol. The van der Waals surface area contributed by atoms with E-state index in [-0.39, 0.29) is 17.0 Å². The molecule has 1 atom stereocenters. The van der Waals surface area contributed by atoms with Gasteiger partial charge in [0.1, 0.15) is 5.76 Å². The summed E-state index contributed by atoms with van der Waals surface area (Å²) in [6.07, 6.45) is 0.677. The van der Waals surface area contributed by atoms with Crippen LogP contribution < -0.4 is 0 Å². The number of hydrogen-bond donors (Lipinski definition) is 0. The molecule has 0 aliphatic heterocycles. The van der Waals surface area contributed by atoms with E-state index in [0.29, 0.717) is 12.2 Å². The predicted octanol–water partition coefficient (Wildman–Crippen LogP) is 3.33. The van der Waals surface area contributed by atoms with Gasteiger partial charge < -0.3 is 4.42 Å². The molecule has 2 rings (SSSR count). The van der Waals surface area contributed by atoms with Gasteiger partial charge in [-0.1, -0.05) is 6.07 Å². The fourth-order valence-corrected chi connectivity index (χ4v) is 4.05. The average molecular weight is 334 g/mol. The number of rotatable bonds is 6. The molecular formula is C13H16ClNO3S2. The quantitative estimate of drug-likeness (QED) is 0.762. The molecule has 0 aliphatic carbocycles. The first-order valence-corrected chi connectivity index (χ1v) is 8.95. The number of halogens is 1. The second-order valence-electron chi connectivity index (χ2n) is 4.51. The van der Waals surface area contributed by atoms with Crippen LogP contribution in [-0.2, 0) is 22.3 Å². The monoisotopic (exact) mass is 333 g/mol. The molecule has 0 saturated carbocycles. The lowest BCUT2D eigenvalue weighted by molar-refractivity contribution is 0.358. The van der Waals surface area contributed by atoms with Crippen LogP contribution in [0.5, 0.6) is 0 Å². The second kappa shape index (κ2) is 6.30. The molecule has 2 heterocycles. The molecule has 0 saturated heterocycles. The zero-order valence-corrected chi connectivity index (χ0v) is 13.6. The molecule has 0 N–H and O–H groups in total. The highest BCUT2D eigenvalue weighted by atomic mass is 35.5. The van der Waals surface area contributed by atoms with Gasteiger partial charge in [0.05, 0.1) is 5.88 Å². The molecule has 2 aromatic heterocycles. The van der Waals surface area contributed by atoms with E-state index in [1.165, 1.54) is 10.4 Å². The van der Waals surface area contributed by atoms with E-state index in [9.17, 15) is 8.42 Å². The lowest BCUT2D eigenvalue weighted by Gasteiger charge is -2.22. The van der Waals surface area contributed by atoms with Crippen LogP contribution in [-0.4, -0.2) is 25.8 Å². The highest BCUT2D eigenvalue weighted by Crippen LogP contribution is 2.22. The zero-order chi connectivity index (χ0) is 14.8. The summed E-state index contributed by atoms with van der Waals surface area (Å²) in [5.74, 6) is 0.605. The standard InChI is InChI=1S/C13H16ClNO3S2/c1-10(8-12-4-3-7-19-12)15(2)20(16,17)13-6-5-11(9-14)18-13/h3-7,10H,8-9H2,1-2H3. The van der Waals surface area contributed by atoms with Gasteiger partial charge in [0.25, 0.3) is 10.0 Å². The van der Waals surface area contributed by atoms with Gasteiger partial charge in [-0.2, -0.15) is 4.31 Å². The summed E-state index contributed by atoms with van der Waals surface area (Å²) >= 11 is 7.25. The normalized spacial score (nSPS) is 13.8. The Labute approximate surface area is 128 Å². The van der Waals surface area contributed by atoms with Gasteiger partial charge >= 0.3 is 0 Å². The molecule has 0 bridgehead atoms. The molecule has 0 aliphatic rings. The summed E-state index contributed by atoms with van der Waals surface area (Å²) in [6.45, 7) is 1.88. The van der Waals surface area contributed by atoms with Crippen molar-refractivity contribution in [2.24, 2.45) is 0 Å². The SMILES string of the molecule is CC(Cc1cccs1)N(C)S(=O)(=O)c1ccc(CCl)o1. The topological polar surface area (TPSA) is 50.5 Å². The molecule has 0 amide bonds. The van der Waals surface area contributed by atoms with Crippen molar-refractivity contribution in [3.8, 4) is 0 Å². The molecule has 0 spiro atoms. The summed E-state index contributed by atoms with van der Waals surface area (Å²) in [5.41, 5.74) is 0. The number of nitrogens with zero attached hydrogens (tertiary/aromatic N) is 1. The van der Waals surface area contributed by atoms with Crippen LogP contribution in [0.1, 0.15) is 17.6 Å². The molecule has 110 valence electrons. The highest BCUT2D eigenvalue weighted by molar-refractivity contribution is 7.89. The molecule has 0 fully saturated rings. The minimum Gasteiger partial charge on any atom is -0.447 e. The molecule has 20 heavy (non-hydrogen) atoms. The van der Waals surface area contributed by atoms with Crippen molar-refractivity contribution in [3.05, 3.63) is 40.3 Å². The molecule has 7 heteroatoms. The van der Waals surface area contributed by atoms with E-state index < -0.39 is 10.0 Å². The van der Waals surface area contributed by atoms with Crippen molar-refractivity contribution in [3.63, 3.8) is 0 Å². The third kappa shape index (κ3) is 3.25. The van der Waals surface area contributed by atoms with Gasteiger partial charge in [0.2, 0.25) is 5.09 Å². The first kappa shape index (κ1) is 15.6. The average Bonchev–Trinajstić information content (AvgIpc) is 3.08. The third-order valence-electron chi connectivity index (χ3n) is 3.10. The fourth-order valence-electron chi connectivity index (χ4n) is 1.80. The Bertz CT molecular complexity index is 649. The molecule has 4 nitrogen and oxygen atoms in total. The molecule has 0 aromatic carbocycles. The van der Waals surface area contributed by atoms with E-state index in [2.05, 4.69) is 0 Å². The number of alkyl halides is 1. The first-order chi connectivity index (χ1) is 9.45. The van der Waals surface area contributed by atoms with E-state index in [4.69, 9.17) is 16.0 Å². The fraction of sp³-hybridized carbons (Fsp3) is 0.385. The summed E-state index contributed by atoms with van der Waals surface area (Å²) in [4.78, 5) is 1.15. The van der Waals surface area contributed by atoms with Gasteiger partial charge in [0, 0.05) is 18.0 Å². The number of furan rings is 1. The number of thiophene rings is 1. The van der Waals surface area contributed by atoms with Crippen molar-refractivity contribution in [2.45, 2.75) is 30.4 Å². The van der Waals surface area contributed by atoms with Crippen molar-refractivity contribution in [2.75, 3.05) is 7.05 Å². The van der Waals surface area contributed by atoms with Gasteiger partial charge in [-0.25, -0.2) is 8.42 Å². The van der Waals surface area contributed by atoms with Gasteiger partial charge in [-0.05, 0) is 36.9 Å². The number of likely N-dealkylation sites (N-methyl/N-ethyl adjacent to an activating group) is 1. The predicted molar refractivity (Wildman–Crippen MR) is 80.7 cm³/mol. The zero-order valence-electron chi connectivity index (χ0n) is 11.2. The summed E-state index contributed by atoms with van der Waals surface area (Å²) in [5, 5.41) is 1.92. The Hall–Kier alpha value is -0.820. The smallest absolute Gasteiger partial charge is 0.276 e. The van der Waals surface area contributed by atoms with E-state index in [1.807, 2.05) is 24.4 Å². The van der Waals surface area contributed by atoms with Crippen LogP contribution in [0.2, 0.25) is 0 Å². The molecule has 2 aromatic rings. The largest absolute Gasteiger partial charge is 0.447 e. The summed E-state index contributed by atoms with van der Waals surface area (Å²) < 4.78 is 31.4. The maximum atomic E-state index is 12.4. The Morgan fingerprint density at radius 1 is 1.40 bits per heavy atom. The minimum absolute atomic E-state index is 0.0614. The van der Waals surface area contributed by atoms with Crippen LogP contribution in [0.3, 0.4) is 0 Å². The van der Waals surface area contributed by atoms with Gasteiger partial charge in [-0.3, -0.25) is 0 Å². The number of hydrogen-bond acceptors (Lipinski definition) is 4. The number of sulfonamides is 1. The minimum atomic E-state index is -3.62. The summed E-state index contributed by atoms with van der Waals surface area (Å²) in [7, 11) is -2.05. The van der Waals surface area contributed by atoms with E-state index in [1.54, 1.807) is 24.5 Å². The lowest BCUT2D eigenvalue weighted by Crippen LogP contribution is -2.36. The van der Waals surface area contributed by atoms with Crippen LogP contribution in [0.4, 0.5) is 0 Å². The van der Waals surface area contributed by atoms with Crippen molar-refractivity contribution >= 4 is 33.0 Å². The maximum absolute atomic E-state index is 12.4. The van der Waals surface area contributed by atoms with Crippen LogP contribution >= 0.6 is 22.9 Å². The Kier molecular flexibility index (Phi) is 4.90. The van der Waals surface area contributed by atoms with Crippen LogP contribution in [0.25, 0.3) is 0 Å². The maximum Gasteiger partial charge on any atom is 0.276 e. The van der Waals surface area contributed by atoms with Gasteiger partial charge in [0.15, 0.2) is 0 Å². The van der Waals surface area contributed by atoms with Crippen LogP contribution in [0.15, 0.2) is 39.2 Å². The summed E-state index contributed by atoms with van der Waals surface area (Å²) in [6, 6.07) is 6.84. The Morgan fingerprint density at radius 3 is 2.70 bits per heavy atom. The van der Waals surface area contributed by atoms with Gasteiger partial charge in [-0.15, -0.1) is 22.9 Å². The lowest BCUT2D eigenvalue weighted by atomic mass is 10.2. The van der Waals surface area contributed by atoms with E-state index >= 15 is 0 Å². The first-order valence-electron chi connectivity index (χ1n) is 6.10. The molecule has 0 radical (unpaired) electrons. The van der Waals surface area contributed by atoms with Crippen molar-refractivity contribution < 1.29 is 12.8 Å². The van der Waals surface area contributed by atoms with Crippen molar-refractivity contribution in [1.29, 1.82) is 0 Å². The van der Waals surface area contributed by atoms with E-state index in [0.717, 1.165) is 4.88 Å². The third-order valence-corrected chi connectivity index (χ3v) is 6.11.